The highest BCUT2D eigenvalue weighted by Gasteiger charge is 2.32. The van der Waals surface area contributed by atoms with Gasteiger partial charge >= 0.3 is 6.18 Å². The van der Waals surface area contributed by atoms with E-state index >= 15 is 0 Å². The van der Waals surface area contributed by atoms with Crippen LogP contribution < -0.4 is 10.1 Å². The second-order valence-corrected chi connectivity index (χ2v) is 6.26. The van der Waals surface area contributed by atoms with Gasteiger partial charge in [0.15, 0.2) is 0 Å². The molecular formula is C17H14F3N3OS. The summed E-state index contributed by atoms with van der Waals surface area (Å²) in [5.41, 5.74) is 0.405. The molecule has 0 fully saturated rings. The van der Waals surface area contributed by atoms with E-state index in [1.807, 2.05) is 24.3 Å². The number of aromatic nitrogens is 2. The lowest BCUT2D eigenvalue weighted by molar-refractivity contribution is -0.141. The van der Waals surface area contributed by atoms with Crippen LogP contribution in [0.5, 0.6) is 5.75 Å². The number of ether oxygens (including phenoxy) is 1. The van der Waals surface area contributed by atoms with Crippen LogP contribution in [0.25, 0.3) is 10.6 Å². The van der Waals surface area contributed by atoms with Crippen LogP contribution in [0.2, 0.25) is 0 Å². The summed E-state index contributed by atoms with van der Waals surface area (Å²) in [7, 11) is 1.60. The monoisotopic (exact) mass is 365 g/mol. The minimum absolute atomic E-state index is 0.363. The summed E-state index contributed by atoms with van der Waals surface area (Å²) in [4.78, 5) is 8.61. The number of nitrogens with one attached hydrogen (secondary N) is 1. The van der Waals surface area contributed by atoms with Gasteiger partial charge in [0.2, 0.25) is 0 Å². The number of pyridine rings is 1. The molecule has 3 aromatic rings. The van der Waals surface area contributed by atoms with E-state index in [0.29, 0.717) is 12.2 Å². The summed E-state index contributed by atoms with van der Waals surface area (Å²) in [6.07, 6.45) is -1.60. The number of hydrogen-bond acceptors (Lipinski definition) is 5. The zero-order valence-electron chi connectivity index (χ0n) is 13.2. The summed E-state index contributed by atoms with van der Waals surface area (Å²) < 4.78 is 43.1. The highest BCUT2D eigenvalue weighted by molar-refractivity contribution is 7.15. The predicted molar refractivity (Wildman–Crippen MR) is 90.7 cm³/mol. The molecule has 130 valence electrons. The van der Waals surface area contributed by atoms with E-state index in [1.54, 1.807) is 13.3 Å². The first kappa shape index (κ1) is 17.2. The number of alkyl halides is 3. The van der Waals surface area contributed by atoms with Gasteiger partial charge in [-0.2, -0.15) is 13.2 Å². The predicted octanol–water partition coefficient (Wildman–Crippen LogP) is 4.84. The van der Waals surface area contributed by atoms with Crippen molar-refractivity contribution in [3.63, 3.8) is 0 Å². The Bertz CT molecular complexity index is 847. The maximum atomic E-state index is 12.7. The maximum Gasteiger partial charge on any atom is 0.433 e. The lowest BCUT2D eigenvalue weighted by Crippen LogP contribution is -2.08. The molecule has 8 heteroatoms. The van der Waals surface area contributed by atoms with E-state index in [9.17, 15) is 13.2 Å². The first-order chi connectivity index (χ1) is 12.0. The van der Waals surface area contributed by atoms with Crippen LogP contribution in [0.15, 0.2) is 48.8 Å². The van der Waals surface area contributed by atoms with Gasteiger partial charge in [-0.05, 0) is 36.4 Å². The van der Waals surface area contributed by atoms with Crippen LogP contribution in [0.4, 0.5) is 18.9 Å². The number of nitrogens with zero attached hydrogens (tertiary/aromatic N) is 2. The van der Waals surface area contributed by atoms with Crippen molar-refractivity contribution in [1.29, 1.82) is 0 Å². The molecule has 0 spiro atoms. The Morgan fingerprint density at radius 2 is 1.88 bits per heavy atom. The fraction of sp³-hybridized carbons (Fsp3) is 0.176. The number of anilines is 1. The van der Waals surface area contributed by atoms with Crippen molar-refractivity contribution in [2.24, 2.45) is 0 Å². The molecule has 0 aliphatic rings. The lowest BCUT2D eigenvalue weighted by Gasteiger charge is -2.08. The third-order valence-electron chi connectivity index (χ3n) is 3.41. The van der Waals surface area contributed by atoms with Crippen LogP contribution in [-0.4, -0.2) is 17.1 Å². The number of methoxy groups -OCH3 is 1. The zero-order chi connectivity index (χ0) is 17.9. The number of benzene rings is 1. The van der Waals surface area contributed by atoms with Gasteiger partial charge < -0.3 is 10.1 Å². The Hall–Kier alpha value is -2.61. The Morgan fingerprint density at radius 1 is 1.12 bits per heavy atom. The van der Waals surface area contributed by atoms with Crippen molar-refractivity contribution in [3.05, 3.63) is 59.4 Å². The molecule has 0 saturated heterocycles. The minimum Gasteiger partial charge on any atom is -0.497 e. The summed E-state index contributed by atoms with van der Waals surface area (Å²) in [5.74, 6) is 0.764. The van der Waals surface area contributed by atoms with Crippen molar-refractivity contribution in [3.8, 4) is 16.3 Å². The van der Waals surface area contributed by atoms with Gasteiger partial charge in [0.1, 0.15) is 16.5 Å². The first-order valence-electron chi connectivity index (χ1n) is 7.32. The van der Waals surface area contributed by atoms with Crippen LogP contribution in [0.1, 0.15) is 10.6 Å². The Morgan fingerprint density at radius 3 is 2.56 bits per heavy atom. The molecule has 1 N–H and O–H groups in total. The fourth-order valence-electron chi connectivity index (χ4n) is 2.14. The van der Waals surface area contributed by atoms with Crippen molar-refractivity contribution < 1.29 is 17.9 Å². The number of thiazole rings is 1. The average Bonchev–Trinajstić information content (AvgIpc) is 3.08. The fourth-order valence-corrected chi connectivity index (χ4v) is 3.00. The second kappa shape index (κ2) is 7.10. The largest absolute Gasteiger partial charge is 0.497 e. The van der Waals surface area contributed by atoms with E-state index in [0.717, 1.165) is 33.5 Å². The zero-order valence-corrected chi connectivity index (χ0v) is 14.0. The molecule has 0 atom stereocenters. The molecule has 0 radical (unpaired) electrons. The third-order valence-corrected chi connectivity index (χ3v) is 4.45. The minimum atomic E-state index is -4.45. The molecule has 1 aromatic carbocycles. The van der Waals surface area contributed by atoms with E-state index in [-0.39, 0.29) is 0 Å². The van der Waals surface area contributed by atoms with Crippen LogP contribution in [0.3, 0.4) is 0 Å². The molecule has 25 heavy (non-hydrogen) atoms. The quantitative estimate of drug-likeness (QED) is 0.702. The highest BCUT2D eigenvalue weighted by atomic mass is 32.1. The normalized spacial score (nSPS) is 11.4. The van der Waals surface area contributed by atoms with Crippen LogP contribution in [-0.2, 0) is 12.7 Å². The van der Waals surface area contributed by atoms with Crippen molar-refractivity contribution in [2.75, 3.05) is 12.4 Å². The summed E-state index contributed by atoms with van der Waals surface area (Å²) in [6.45, 7) is 0.384. The summed E-state index contributed by atoms with van der Waals surface area (Å²) in [6, 6.07) is 10.0. The molecule has 4 nitrogen and oxygen atoms in total. The highest BCUT2D eigenvalue weighted by Crippen LogP contribution is 2.30. The molecule has 0 unspecified atom stereocenters. The van der Waals surface area contributed by atoms with Gasteiger partial charge in [-0.25, -0.2) is 4.98 Å². The Balaban J connectivity index is 1.67. The smallest absolute Gasteiger partial charge is 0.433 e. The van der Waals surface area contributed by atoms with Crippen molar-refractivity contribution >= 4 is 17.0 Å². The number of rotatable bonds is 5. The van der Waals surface area contributed by atoms with Gasteiger partial charge in [0.25, 0.3) is 0 Å². The van der Waals surface area contributed by atoms with Crippen molar-refractivity contribution in [1.82, 2.24) is 9.97 Å². The Labute approximate surface area is 146 Å². The molecular weight excluding hydrogens is 351 g/mol. The standard InChI is InChI=1S/C17H14F3N3OS/c1-24-13-4-2-11(3-5-13)16-23-10-14(25-16)9-22-12-6-7-21-15(8-12)17(18,19)20/h2-8,10H,9H2,1H3,(H,21,22). The summed E-state index contributed by atoms with van der Waals surface area (Å²) in [5, 5.41) is 3.81. The molecule has 2 heterocycles. The second-order valence-electron chi connectivity index (χ2n) is 5.14. The first-order valence-corrected chi connectivity index (χ1v) is 8.13. The van der Waals surface area contributed by atoms with E-state index in [4.69, 9.17) is 4.74 Å². The molecule has 0 bridgehead atoms. The topological polar surface area (TPSA) is 47.0 Å². The molecule has 0 aliphatic carbocycles. The van der Waals surface area contributed by atoms with Crippen LogP contribution in [0, 0.1) is 0 Å². The SMILES string of the molecule is COc1ccc(-c2ncc(CNc3ccnc(C(F)(F)F)c3)s2)cc1. The van der Waals surface area contributed by atoms with Gasteiger partial charge in [-0.3, -0.25) is 4.98 Å². The molecule has 0 saturated carbocycles. The Kier molecular flexibility index (Phi) is 4.89. The van der Waals surface area contributed by atoms with Crippen molar-refractivity contribution in [2.45, 2.75) is 12.7 Å². The number of hydrogen-bond donors (Lipinski definition) is 1. The molecule has 3 rings (SSSR count). The van der Waals surface area contributed by atoms with E-state index in [1.165, 1.54) is 17.4 Å². The van der Waals surface area contributed by atoms with Gasteiger partial charge in [0.05, 0.1) is 13.7 Å². The maximum absolute atomic E-state index is 12.7. The molecule has 0 aliphatic heterocycles. The molecule has 2 aromatic heterocycles. The lowest BCUT2D eigenvalue weighted by atomic mass is 10.2. The third kappa shape index (κ3) is 4.27. The van der Waals surface area contributed by atoms with E-state index < -0.39 is 11.9 Å². The average molecular weight is 365 g/mol. The molecule has 0 amide bonds. The van der Waals surface area contributed by atoms with E-state index in [2.05, 4.69) is 15.3 Å². The van der Waals surface area contributed by atoms with Gasteiger partial charge in [-0.15, -0.1) is 11.3 Å². The number of halogens is 3. The van der Waals surface area contributed by atoms with Gasteiger partial charge in [-0.1, -0.05) is 0 Å². The van der Waals surface area contributed by atoms with Gasteiger partial charge in [0, 0.05) is 28.5 Å². The van der Waals surface area contributed by atoms with Crippen LogP contribution >= 0.6 is 11.3 Å². The summed E-state index contributed by atoms with van der Waals surface area (Å²) >= 11 is 1.48.